The van der Waals surface area contributed by atoms with E-state index in [1.807, 2.05) is 0 Å². The van der Waals surface area contributed by atoms with Gasteiger partial charge in [-0.3, -0.25) is 4.90 Å². The van der Waals surface area contributed by atoms with Gasteiger partial charge in [0.25, 0.3) is 0 Å². The van der Waals surface area contributed by atoms with Gasteiger partial charge < -0.3 is 22.7 Å². The molecule has 0 bridgehead atoms. The van der Waals surface area contributed by atoms with Crippen LogP contribution in [0.25, 0.3) is 0 Å². The molecule has 3 rings (SSSR count). The number of benzene rings is 3. The summed E-state index contributed by atoms with van der Waals surface area (Å²) in [7, 11) is 0. The van der Waals surface area contributed by atoms with E-state index in [-0.39, 0.29) is 46.4 Å². The molecule has 0 aliphatic carbocycles. The topological polar surface area (TPSA) is 63.9 Å². The van der Waals surface area contributed by atoms with Crippen LogP contribution in [0.4, 0.5) is 17.1 Å². The van der Waals surface area contributed by atoms with Crippen LogP contribution in [-0.2, 0) is 21.7 Å². The molecule has 0 radical (unpaired) electrons. The Morgan fingerprint density at radius 2 is 0.750 bits per heavy atom. The molecule has 3 aromatic carbocycles. The van der Waals surface area contributed by atoms with Gasteiger partial charge in [0.15, 0.2) is 0 Å². The zero-order valence-corrected chi connectivity index (χ0v) is 14.8. The van der Waals surface area contributed by atoms with E-state index < -0.39 is 0 Å². The largest absolute Gasteiger partial charge is 0.506 e. The summed E-state index contributed by atoms with van der Waals surface area (Å²) in [4.78, 5) is 1.61. The first-order valence-electron chi connectivity index (χ1n) is 6.82. The summed E-state index contributed by atoms with van der Waals surface area (Å²) in [5, 5.41) is 30.5. The first-order chi connectivity index (χ1) is 10.7. The van der Waals surface area contributed by atoms with Crippen molar-refractivity contribution in [3.63, 3.8) is 0 Å². The van der Waals surface area contributed by atoms with Gasteiger partial charge in [0, 0.05) is 21.7 Å². The summed E-state index contributed by atoms with van der Waals surface area (Å²) in [6, 6.07) is 20.3. The van der Waals surface area contributed by atoms with Gasteiger partial charge in [-0.1, -0.05) is 36.4 Å². The fourth-order valence-electron chi connectivity index (χ4n) is 2.35. The molecule has 4 nitrogen and oxygen atoms in total. The second kappa shape index (κ2) is 8.43. The van der Waals surface area contributed by atoms with Gasteiger partial charge in [-0.2, -0.15) is 0 Å². The van der Waals surface area contributed by atoms with Crippen molar-refractivity contribution >= 4 is 17.1 Å². The Hall–Kier alpha value is -2.43. The second-order valence-electron chi connectivity index (χ2n) is 4.80. The van der Waals surface area contributed by atoms with E-state index in [9.17, 15) is 15.3 Å². The Balaban J connectivity index is 0.00000144. The van der Waals surface area contributed by atoms with Crippen molar-refractivity contribution in [2.75, 3.05) is 4.90 Å². The number of hydrogen-bond acceptors (Lipinski definition) is 4. The van der Waals surface area contributed by atoms with E-state index in [1.54, 1.807) is 77.7 Å². The van der Waals surface area contributed by atoms with Crippen LogP contribution in [0.5, 0.6) is 17.2 Å². The fourth-order valence-corrected chi connectivity index (χ4v) is 2.35. The van der Waals surface area contributed by atoms with Crippen molar-refractivity contribution in [1.29, 1.82) is 0 Å². The number of rotatable bonds is 3. The van der Waals surface area contributed by atoms with E-state index >= 15 is 0 Å². The normalized spacial score (nSPS) is 9.50. The van der Waals surface area contributed by atoms with Crippen molar-refractivity contribution in [1.82, 2.24) is 0 Å². The molecule has 0 amide bonds. The smallest absolute Gasteiger partial charge is 0.139 e. The van der Waals surface area contributed by atoms with Gasteiger partial charge in [-0.25, -0.2) is 0 Å². The number of phenolic OH excluding ortho intramolecular Hbond substituents is 3. The molecule has 0 fully saturated rings. The van der Waals surface area contributed by atoms with Crippen molar-refractivity contribution in [2.45, 2.75) is 0 Å². The SMILES string of the molecule is Oc1ccccc1N(c1ccccc1O)c1ccccc1O.[CH3-].[Ti]. The molecular weight excluding hydrogens is 338 g/mol. The molecule has 0 aliphatic heterocycles. The first-order valence-corrected chi connectivity index (χ1v) is 6.82. The number of para-hydroxylation sites is 6. The van der Waals surface area contributed by atoms with Crippen molar-refractivity contribution in [3.8, 4) is 17.2 Å². The number of aromatic hydroxyl groups is 3. The number of phenols is 3. The third-order valence-electron chi connectivity index (χ3n) is 3.37. The molecular formula is C19H18NO3Ti-. The van der Waals surface area contributed by atoms with Crippen molar-refractivity contribution in [2.24, 2.45) is 0 Å². The summed E-state index contributed by atoms with van der Waals surface area (Å²) < 4.78 is 0. The quantitative estimate of drug-likeness (QED) is 0.469. The van der Waals surface area contributed by atoms with Crippen LogP contribution in [0.15, 0.2) is 72.8 Å². The second-order valence-corrected chi connectivity index (χ2v) is 4.80. The number of anilines is 3. The van der Waals surface area contributed by atoms with Gasteiger partial charge >= 0.3 is 0 Å². The summed E-state index contributed by atoms with van der Waals surface area (Å²) >= 11 is 0. The third-order valence-corrected chi connectivity index (χ3v) is 3.37. The molecule has 0 heterocycles. The van der Waals surface area contributed by atoms with Crippen molar-refractivity contribution < 1.29 is 37.0 Å². The molecule has 0 saturated carbocycles. The van der Waals surface area contributed by atoms with Crippen LogP contribution in [0.2, 0.25) is 0 Å². The van der Waals surface area contributed by atoms with E-state index in [2.05, 4.69) is 0 Å². The van der Waals surface area contributed by atoms with E-state index in [4.69, 9.17) is 0 Å². The predicted molar refractivity (Wildman–Crippen MR) is 92.5 cm³/mol. The molecule has 0 unspecified atom stereocenters. The van der Waals surface area contributed by atoms with Gasteiger partial charge in [-0.05, 0) is 36.4 Å². The minimum absolute atomic E-state index is 0. The summed E-state index contributed by atoms with van der Waals surface area (Å²) in [5.41, 5.74) is 1.39. The van der Waals surface area contributed by atoms with E-state index in [0.717, 1.165) is 0 Å². The third kappa shape index (κ3) is 3.73. The molecule has 0 aliphatic rings. The minimum Gasteiger partial charge on any atom is -0.506 e. The molecule has 0 spiro atoms. The van der Waals surface area contributed by atoms with Crippen LogP contribution < -0.4 is 4.90 Å². The van der Waals surface area contributed by atoms with Gasteiger partial charge in [0.2, 0.25) is 0 Å². The van der Waals surface area contributed by atoms with Gasteiger partial charge in [0.1, 0.15) is 17.2 Å². The maximum atomic E-state index is 10.2. The van der Waals surface area contributed by atoms with Crippen LogP contribution in [-0.4, -0.2) is 15.3 Å². The Bertz CT molecular complexity index is 700. The first kappa shape index (κ1) is 19.6. The Labute approximate surface area is 156 Å². The maximum absolute atomic E-state index is 10.2. The molecule has 24 heavy (non-hydrogen) atoms. The fraction of sp³-hybridized carbons (Fsp3) is 0. The average molecular weight is 356 g/mol. The van der Waals surface area contributed by atoms with Crippen LogP contribution in [0.1, 0.15) is 0 Å². The summed E-state index contributed by atoms with van der Waals surface area (Å²) in [5.74, 6) is 0.150. The molecule has 0 atom stereocenters. The van der Waals surface area contributed by atoms with E-state index in [1.165, 1.54) is 0 Å². The molecule has 3 N–H and O–H groups in total. The Morgan fingerprint density at radius 1 is 0.500 bits per heavy atom. The van der Waals surface area contributed by atoms with Crippen LogP contribution >= 0.6 is 0 Å². The van der Waals surface area contributed by atoms with Gasteiger partial charge in [-0.15, -0.1) is 0 Å². The maximum Gasteiger partial charge on any atom is 0.139 e. The van der Waals surface area contributed by atoms with Gasteiger partial charge in [0.05, 0.1) is 17.1 Å². The summed E-state index contributed by atoms with van der Waals surface area (Å²) in [6.45, 7) is 0. The zero-order chi connectivity index (χ0) is 15.5. The minimum atomic E-state index is 0. The van der Waals surface area contributed by atoms with Crippen LogP contribution in [0, 0.1) is 7.43 Å². The number of nitrogens with zero attached hydrogens (tertiary/aromatic N) is 1. The standard InChI is InChI=1S/C18H15NO3.CH3.Ti/c20-16-10-4-1-7-13(16)19(14-8-2-5-11-17(14)21)15-9-3-6-12-18(15)22;;/h1-12,20-22H;1H3;/q;-1;. The Kier molecular flexibility index (Phi) is 6.89. The molecule has 122 valence electrons. The molecule has 3 aromatic rings. The Morgan fingerprint density at radius 3 is 1.00 bits per heavy atom. The average Bonchev–Trinajstić information content (AvgIpc) is 2.53. The van der Waals surface area contributed by atoms with E-state index in [0.29, 0.717) is 17.1 Å². The number of hydrogen-bond donors (Lipinski definition) is 3. The molecule has 0 saturated heterocycles. The predicted octanol–water partition coefficient (Wildman–Crippen LogP) is 4.72. The summed E-state index contributed by atoms with van der Waals surface area (Å²) in [6.07, 6.45) is 0. The zero-order valence-electron chi connectivity index (χ0n) is 13.2. The molecule has 0 aromatic heterocycles. The molecule has 5 heteroatoms. The van der Waals surface area contributed by atoms with Crippen LogP contribution in [0.3, 0.4) is 0 Å². The monoisotopic (exact) mass is 356 g/mol. The van der Waals surface area contributed by atoms with Crippen molar-refractivity contribution in [3.05, 3.63) is 80.2 Å².